The molecule has 0 saturated carbocycles. The van der Waals surface area contributed by atoms with Gasteiger partial charge in [-0.25, -0.2) is 9.78 Å². The third-order valence-electron chi connectivity index (χ3n) is 10.5. The second-order valence-electron chi connectivity index (χ2n) is 15.0. The van der Waals surface area contributed by atoms with Gasteiger partial charge >= 0.3 is 5.97 Å². The molecule has 1 saturated heterocycles. The van der Waals surface area contributed by atoms with Crippen LogP contribution in [0.1, 0.15) is 81.3 Å². The summed E-state index contributed by atoms with van der Waals surface area (Å²) in [4.78, 5) is 39.2. The van der Waals surface area contributed by atoms with Crippen molar-refractivity contribution >= 4 is 51.8 Å². The third-order valence-corrected chi connectivity index (χ3v) is 11.4. The van der Waals surface area contributed by atoms with Gasteiger partial charge in [-0.15, -0.1) is 0 Å². The number of hydrogen-bond acceptors (Lipinski definition) is 7. The molecule has 6 rings (SSSR count). The Balaban J connectivity index is 1.27. The van der Waals surface area contributed by atoms with Crippen LogP contribution in [0.15, 0.2) is 36.4 Å². The van der Waals surface area contributed by atoms with Gasteiger partial charge in [0.25, 0.3) is 5.91 Å². The lowest BCUT2D eigenvalue weighted by Crippen LogP contribution is -2.47. The minimum Gasteiger partial charge on any atom is -0.494 e. The van der Waals surface area contributed by atoms with Gasteiger partial charge in [-0.1, -0.05) is 43.1 Å². The van der Waals surface area contributed by atoms with Crippen molar-refractivity contribution in [3.63, 3.8) is 0 Å². The number of carboxylic acids is 1. The Morgan fingerprint density at radius 2 is 1.71 bits per heavy atom. The fraction of sp³-hybridized carbons (Fsp3) is 0.429. The van der Waals surface area contributed by atoms with E-state index in [-0.39, 0.29) is 18.0 Å². The summed E-state index contributed by atoms with van der Waals surface area (Å²) in [6, 6.07) is 10.8. The van der Waals surface area contributed by atoms with E-state index in [0.717, 1.165) is 100 Å². The van der Waals surface area contributed by atoms with Gasteiger partial charge in [-0.3, -0.25) is 14.4 Å². The van der Waals surface area contributed by atoms with E-state index in [1.807, 2.05) is 63.7 Å². The number of hydrogen-bond donors (Lipinski definition) is 3. The average molecular weight is 789 g/mol. The Labute approximate surface area is 333 Å². The van der Waals surface area contributed by atoms with Gasteiger partial charge in [0.05, 0.1) is 40.6 Å². The molecule has 13 heteroatoms. The molecule has 292 valence electrons. The predicted octanol–water partition coefficient (Wildman–Crippen LogP) is 8.31. The molecule has 0 aliphatic carbocycles. The molecule has 1 aliphatic rings. The zero-order chi connectivity index (χ0) is 39.6. The summed E-state index contributed by atoms with van der Waals surface area (Å²) >= 11 is 13.3. The molecule has 0 unspecified atom stereocenters. The molecule has 3 N–H and O–H groups in total. The van der Waals surface area contributed by atoms with Crippen LogP contribution in [-0.2, 0) is 20.0 Å². The molecule has 55 heavy (non-hydrogen) atoms. The number of carbonyl (C=O) groups is 2. The number of benzene rings is 2. The third kappa shape index (κ3) is 8.95. The fourth-order valence-electron chi connectivity index (χ4n) is 7.40. The van der Waals surface area contributed by atoms with Gasteiger partial charge in [0.15, 0.2) is 0 Å². The number of carbonyl (C=O) groups excluding carboxylic acids is 1. The van der Waals surface area contributed by atoms with E-state index in [4.69, 9.17) is 32.9 Å². The maximum atomic E-state index is 14.2. The maximum absolute atomic E-state index is 14.2. The first-order valence-corrected chi connectivity index (χ1v) is 19.7. The summed E-state index contributed by atoms with van der Waals surface area (Å²) in [6.45, 7) is 17.1. The van der Waals surface area contributed by atoms with Crippen molar-refractivity contribution in [3.8, 4) is 16.9 Å². The van der Waals surface area contributed by atoms with Crippen LogP contribution in [0.25, 0.3) is 22.0 Å². The molecule has 3 aromatic heterocycles. The van der Waals surface area contributed by atoms with E-state index >= 15 is 0 Å². The molecule has 0 spiro atoms. The number of carboxylic acid groups (broad SMARTS) is 1. The van der Waals surface area contributed by atoms with Crippen LogP contribution in [0.3, 0.4) is 0 Å². The maximum Gasteiger partial charge on any atom is 0.335 e. The minimum atomic E-state index is -1.04. The number of nitrogens with one attached hydrogen (secondary N) is 2. The largest absolute Gasteiger partial charge is 0.494 e. The van der Waals surface area contributed by atoms with Gasteiger partial charge < -0.3 is 25.0 Å². The normalized spacial score (nSPS) is 13.6. The van der Waals surface area contributed by atoms with Gasteiger partial charge in [-0.05, 0) is 106 Å². The predicted molar refractivity (Wildman–Crippen MR) is 220 cm³/mol. The van der Waals surface area contributed by atoms with Crippen molar-refractivity contribution in [3.05, 3.63) is 91.5 Å². The van der Waals surface area contributed by atoms with Crippen molar-refractivity contribution in [2.45, 2.75) is 67.3 Å². The van der Waals surface area contributed by atoms with Crippen LogP contribution < -0.4 is 15.0 Å². The lowest BCUT2D eigenvalue weighted by molar-refractivity contribution is 0.0696. The number of ether oxygens (including phenoxy) is 1. The van der Waals surface area contributed by atoms with Gasteiger partial charge in [0.2, 0.25) is 0 Å². The van der Waals surface area contributed by atoms with Crippen molar-refractivity contribution in [1.82, 2.24) is 30.0 Å². The fourth-order valence-corrected chi connectivity index (χ4v) is 7.77. The van der Waals surface area contributed by atoms with Gasteiger partial charge in [0.1, 0.15) is 17.3 Å². The number of fused-ring (bicyclic) bond motifs is 1. The summed E-state index contributed by atoms with van der Waals surface area (Å²) in [5.41, 5.74) is 7.98. The van der Waals surface area contributed by atoms with E-state index in [0.29, 0.717) is 47.6 Å². The topological polar surface area (TPSA) is 129 Å². The number of aromatic nitrogens is 4. The number of rotatable bonds is 14. The molecule has 1 aliphatic heterocycles. The number of amides is 1. The number of aryl methyl sites for hydroxylation is 5. The number of aromatic amines is 1. The van der Waals surface area contributed by atoms with Crippen LogP contribution in [0.4, 0.5) is 5.82 Å². The van der Waals surface area contributed by atoms with E-state index in [9.17, 15) is 14.7 Å². The second kappa shape index (κ2) is 17.1. The molecule has 2 aromatic carbocycles. The molecule has 1 fully saturated rings. The SMILES string of the molecule is Cc1cc(OCCCc2c(C(=O)NCc3cc(C(=O)O)cc(N4CCN(CCC(C)C)CC4)n3)[nH]c3c(-c4c(C)nn(C)c4C)c(Cl)ccc23)cc(C)c1Cl. The number of H-pyrrole nitrogens is 1. The lowest BCUT2D eigenvalue weighted by Gasteiger charge is -2.36. The first-order chi connectivity index (χ1) is 26.2. The van der Waals surface area contributed by atoms with E-state index in [2.05, 4.69) is 39.0 Å². The summed E-state index contributed by atoms with van der Waals surface area (Å²) in [6.07, 6.45) is 2.32. The molecule has 4 heterocycles. The van der Waals surface area contributed by atoms with Crippen molar-refractivity contribution in [2.24, 2.45) is 13.0 Å². The molecule has 0 bridgehead atoms. The number of piperazine rings is 1. The van der Waals surface area contributed by atoms with Gasteiger partial charge in [-0.2, -0.15) is 5.10 Å². The highest BCUT2D eigenvalue weighted by molar-refractivity contribution is 6.35. The number of pyridine rings is 1. The minimum absolute atomic E-state index is 0.0446. The molecule has 11 nitrogen and oxygen atoms in total. The van der Waals surface area contributed by atoms with E-state index < -0.39 is 5.97 Å². The number of aromatic carboxylic acids is 1. The van der Waals surface area contributed by atoms with Crippen LogP contribution >= 0.6 is 23.2 Å². The first-order valence-electron chi connectivity index (χ1n) is 18.9. The Kier molecular flexibility index (Phi) is 12.4. The molecule has 0 radical (unpaired) electrons. The van der Waals surface area contributed by atoms with Crippen LogP contribution in [0, 0.1) is 33.6 Å². The van der Waals surface area contributed by atoms with E-state index in [1.165, 1.54) is 6.07 Å². The molecular weight excluding hydrogens is 737 g/mol. The molecule has 1 amide bonds. The van der Waals surface area contributed by atoms with E-state index in [1.54, 1.807) is 6.07 Å². The summed E-state index contributed by atoms with van der Waals surface area (Å²) < 4.78 is 7.97. The van der Waals surface area contributed by atoms with Crippen LogP contribution in [-0.4, -0.2) is 81.0 Å². The highest BCUT2D eigenvalue weighted by Crippen LogP contribution is 2.40. The summed E-state index contributed by atoms with van der Waals surface area (Å²) in [5.74, 6) is 0.618. The van der Waals surface area contributed by atoms with Crippen molar-refractivity contribution < 1.29 is 19.4 Å². The summed E-state index contributed by atoms with van der Waals surface area (Å²) in [7, 11) is 1.90. The Bertz CT molecular complexity index is 2200. The Morgan fingerprint density at radius 1 is 1.00 bits per heavy atom. The Hall–Kier alpha value is -4.58. The average Bonchev–Trinajstić information content (AvgIpc) is 3.64. The lowest BCUT2D eigenvalue weighted by atomic mass is 9.98. The highest BCUT2D eigenvalue weighted by Gasteiger charge is 2.25. The van der Waals surface area contributed by atoms with Crippen LogP contribution in [0.5, 0.6) is 5.75 Å². The number of halogens is 2. The highest BCUT2D eigenvalue weighted by atomic mass is 35.5. The molecule has 5 aromatic rings. The zero-order valence-corrected chi connectivity index (χ0v) is 34.3. The van der Waals surface area contributed by atoms with Gasteiger partial charge in [0, 0.05) is 60.5 Å². The summed E-state index contributed by atoms with van der Waals surface area (Å²) in [5, 5.41) is 19.8. The smallest absolute Gasteiger partial charge is 0.335 e. The number of anilines is 1. The first kappa shape index (κ1) is 40.1. The molecule has 0 atom stereocenters. The quantitative estimate of drug-likeness (QED) is 0.0960. The van der Waals surface area contributed by atoms with Crippen molar-refractivity contribution in [1.29, 1.82) is 0 Å². The van der Waals surface area contributed by atoms with Crippen molar-refractivity contribution in [2.75, 3.05) is 44.2 Å². The standard InChI is InChI=1S/C42H51Cl2N7O4/c1-24(2)12-13-50-14-16-51(17-15-50)35-22-29(42(53)54)21-30(46-35)23-45-41(52)40-32(9-8-18-55-31-19-25(3)38(44)26(4)20-31)33-10-11-34(43)37(39(33)47-40)36-27(5)48-49(7)28(36)6/h10-11,19-22,24,47H,8-9,12-18,23H2,1-7H3,(H,45,52)(H,53,54). The zero-order valence-electron chi connectivity index (χ0n) is 32.8. The number of nitrogens with zero attached hydrogens (tertiary/aromatic N) is 5. The second-order valence-corrected chi connectivity index (χ2v) is 15.8. The monoisotopic (exact) mass is 787 g/mol. The Morgan fingerprint density at radius 3 is 2.35 bits per heavy atom. The van der Waals surface area contributed by atoms with Crippen LogP contribution in [0.2, 0.25) is 10.0 Å². The molecular formula is C42H51Cl2N7O4.